The van der Waals surface area contributed by atoms with Crippen molar-refractivity contribution in [3.05, 3.63) is 60.2 Å². The van der Waals surface area contributed by atoms with Crippen LogP contribution >= 0.6 is 0 Å². The van der Waals surface area contributed by atoms with Crippen molar-refractivity contribution in [2.24, 2.45) is 0 Å². The number of carbonyl (C=O) groups excluding carboxylic acids is 1. The second-order valence-electron chi connectivity index (χ2n) is 6.78. The van der Waals surface area contributed by atoms with Gasteiger partial charge in [0.2, 0.25) is 5.91 Å². The molecule has 0 aliphatic carbocycles. The van der Waals surface area contributed by atoms with Gasteiger partial charge in [0.1, 0.15) is 5.75 Å². The molecular formula is C22H28N2O2. The van der Waals surface area contributed by atoms with Crippen molar-refractivity contribution in [2.75, 3.05) is 37.7 Å². The van der Waals surface area contributed by atoms with E-state index in [-0.39, 0.29) is 11.8 Å². The summed E-state index contributed by atoms with van der Waals surface area (Å²) in [5.74, 6) is 1.42. The minimum Gasteiger partial charge on any atom is -0.492 e. The molecule has 138 valence electrons. The van der Waals surface area contributed by atoms with Crippen LogP contribution in [0.2, 0.25) is 0 Å². The Bertz CT molecular complexity index is 709. The first-order valence-corrected chi connectivity index (χ1v) is 9.48. The molecule has 0 saturated carbocycles. The lowest BCUT2D eigenvalue weighted by Crippen LogP contribution is -2.49. The summed E-state index contributed by atoms with van der Waals surface area (Å²) in [7, 11) is 0. The summed E-state index contributed by atoms with van der Waals surface area (Å²) in [6, 6.07) is 18.4. The van der Waals surface area contributed by atoms with Gasteiger partial charge in [0.15, 0.2) is 0 Å². The minimum absolute atomic E-state index is 0.249. The Kier molecular flexibility index (Phi) is 6.16. The molecule has 1 heterocycles. The zero-order chi connectivity index (χ0) is 18.4. The van der Waals surface area contributed by atoms with E-state index in [1.165, 1.54) is 5.56 Å². The molecule has 1 atom stereocenters. The van der Waals surface area contributed by atoms with Crippen molar-refractivity contribution < 1.29 is 9.53 Å². The van der Waals surface area contributed by atoms with Crippen LogP contribution in [-0.2, 0) is 4.79 Å². The van der Waals surface area contributed by atoms with Crippen molar-refractivity contribution in [3.8, 4) is 5.75 Å². The van der Waals surface area contributed by atoms with Gasteiger partial charge in [0, 0.05) is 32.6 Å². The number of carbonyl (C=O) groups is 1. The summed E-state index contributed by atoms with van der Waals surface area (Å²) in [6.07, 6.45) is 0.569. The maximum atomic E-state index is 12.7. The molecule has 4 heteroatoms. The van der Waals surface area contributed by atoms with Crippen LogP contribution < -0.4 is 9.64 Å². The summed E-state index contributed by atoms with van der Waals surface area (Å²) in [5.41, 5.74) is 2.35. The monoisotopic (exact) mass is 352 g/mol. The molecule has 1 aliphatic heterocycles. The lowest BCUT2D eigenvalue weighted by Gasteiger charge is -2.37. The highest BCUT2D eigenvalue weighted by Crippen LogP contribution is 2.29. The average Bonchev–Trinajstić information content (AvgIpc) is 2.69. The Morgan fingerprint density at radius 2 is 1.65 bits per heavy atom. The van der Waals surface area contributed by atoms with Crippen LogP contribution in [0.4, 0.5) is 5.69 Å². The smallest absolute Gasteiger partial charge is 0.223 e. The van der Waals surface area contributed by atoms with Crippen molar-refractivity contribution in [1.82, 2.24) is 4.90 Å². The van der Waals surface area contributed by atoms with Crippen LogP contribution in [0.5, 0.6) is 5.75 Å². The summed E-state index contributed by atoms with van der Waals surface area (Å²) >= 11 is 0. The van der Waals surface area contributed by atoms with Crippen LogP contribution in [0.3, 0.4) is 0 Å². The number of benzene rings is 2. The van der Waals surface area contributed by atoms with Gasteiger partial charge in [-0.2, -0.15) is 0 Å². The zero-order valence-electron chi connectivity index (χ0n) is 15.7. The predicted octanol–water partition coefficient (Wildman–Crippen LogP) is 3.93. The Labute approximate surface area is 156 Å². The lowest BCUT2D eigenvalue weighted by atomic mass is 9.97. The second kappa shape index (κ2) is 8.75. The van der Waals surface area contributed by atoms with Crippen molar-refractivity contribution >= 4 is 11.6 Å². The predicted molar refractivity (Wildman–Crippen MR) is 106 cm³/mol. The Morgan fingerprint density at radius 1 is 1.00 bits per heavy atom. The molecule has 2 aromatic rings. The number of ether oxygens (including phenoxy) is 1. The highest BCUT2D eigenvalue weighted by molar-refractivity contribution is 5.77. The lowest BCUT2D eigenvalue weighted by molar-refractivity contribution is -0.131. The number of rotatable bonds is 6. The van der Waals surface area contributed by atoms with Gasteiger partial charge in [-0.15, -0.1) is 0 Å². The maximum absolute atomic E-state index is 12.7. The fourth-order valence-corrected chi connectivity index (χ4v) is 3.48. The highest BCUT2D eigenvalue weighted by atomic mass is 16.5. The largest absolute Gasteiger partial charge is 0.492 e. The number of amides is 1. The summed E-state index contributed by atoms with van der Waals surface area (Å²) in [4.78, 5) is 17.0. The molecule has 1 saturated heterocycles. The topological polar surface area (TPSA) is 32.8 Å². The second-order valence-corrected chi connectivity index (χ2v) is 6.78. The van der Waals surface area contributed by atoms with Gasteiger partial charge in [-0.1, -0.05) is 49.4 Å². The standard InChI is InChI=1S/C22H28N2O2/c1-3-26-21-12-8-7-11-20(21)23-13-15-24(16-14-23)22(25)17-18(2)19-9-5-4-6-10-19/h4-12,18H,3,13-17H2,1-2H3. The molecule has 4 nitrogen and oxygen atoms in total. The van der Waals surface area contributed by atoms with Gasteiger partial charge in [0.05, 0.1) is 12.3 Å². The first kappa shape index (κ1) is 18.3. The SMILES string of the molecule is CCOc1ccccc1N1CCN(C(=O)CC(C)c2ccccc2)CC1. The first-order valence-electron chi connectivity index (χ1n) is 9.48. The van der Waals surface area contributed by atoms with Crippen molar-refractivity contribution in [2.45, 2.75) is 26.2 Å². The van der Waals surface area contributed by atoms with Gasteiger partial charge < -0.3 is 14.5 Å². The van der Waals surface area contributed by atoms with Crippen LogP contribution in [0.15, 0.2) is 54.6 Å². The van der Waals surface area contributed by atoms with Gasteiger partial charge in [-0.25, -0.2) is 0 Å². The fraction of sp³-hybridized carbons (Fsp3) is 0.409. The van der Waals surface area contributed by atoms with E-state index in [0.29, 0.717) is 13.0 Å². The third kappa shape index (κ3) is 4.37. The molecule has 26 heavy (non-hydrogen) atoms. The third-order valence-corrected chi connectivity index (χ3v) is 4.99. The van der Waals surface area contributed by atoms with Gasteiger partial charge in [0.25, 0.3) is 0 Å². The number of piperazine rings is 1. The molecule has 3 rings (SSSR count). The summed E-state index contributed by atoms with van der Waals surface area (Å²) in [6.45, 7) is 8.00. The van der Waals surface area contributed by atoms with E-state index < -0.39 is 0 Å². The molecular weight excluding hydrogens is 324 g/mol. The van der Waals surface area contributed by atoms with Crippen LogP contribution in [0.1, 0.15) is 31.7 Å². The van der Waals surface area contributed by atoms with Crippen LogP contribution in [-0.4, -0.2) is 43.6 Å². The van der Waals surface area contributed by atoms with E-state index in [1.807, 2.05) is 48.2 Å². The molecule has 0 bridgehead atoms. The Hall–Kier alpha value is -2.49. The quantitative estimate of drug-likeness (QED) is 0.790. The van der Waals surface area contributed by atoms with E-state index in [1.54, 1.807) is 0 Å². The molecule has 0 spiro atoms. The molecule has 0 radical (unpaired) electrons. The first-order chi connectivity index (χ1) is 12.7. The third-order valence-electron chi connectivity index (χ3n) is 4.99. The van der Waals surface area contributed by atoms with E-state index in [2.05, 4.69) is 30.0 Å². The number of anilines is 1. The van der Waals surface area contributed by atoms with Gasteiger partial charge in [-0.3, -0.25) is 4.79 Å². The maximum Gasteiger partial charge on any atom is 0.223 e. The Morgan fingerprint density at radius 3 is 2.35 bits per heavy atom. The molecule has 1 amide bonds. The average molecular weight is 352 g/mol. The molecule has 1 unspecified atom stereocenters. The molecule has 0 N–H and O–H groups in total. The zero-order valence-corrected chi connectivity index (χ0v) is 15.7. The van der Waals surface area contributed by atoms with Crippen LogP contribution in [0, 0.1) is 0 Å². The molecule has 0 aromatic heterocycles. The number of nitrogens with zero attached hydrogens (tertiary/aromatic N) is 2. The van der Waals surface area contributed by atoms with Crippen molar-refractivity contribution in [3.63, 3.8) is 0 Å². The van der Waals surface area contributed by atoms with Crippen LogP contribution in [0.25, 0.3) is 0 Å². The number of hydrogen-bond acceptors (Lipinski definition) is 3. The summed E-state index contributed by atoms with van der Waals surface area (Å²) in [5, 5.41) is 0. The molecule has 1 aliphatic rings. The van der Waals surface area contributed by atoms with E-state index in [0.717, 1.165) is 37.6 Å². The summed E-state index contributed by atoms with van der Waals surface area (Å²) < 4.78 is 5.74. The van der Waals surface area contributed by atoms with Crippen molar-refractivity contribution in [1.29, 1.82) is 0 Å². The Balaban J connectivity index is 1.56. The van der Waals surface area contributed by atoms with Gasteiger partial charge in [-0.05, 0) is 30.5 Å². The highest BCUT2D eigenvalue weighted by Gasteiger charge is 2.24. The molecule has 2 aromatic carbocycles. The van der Waals surface area contributed by atoms with E-state index in [9.17, 15) is 4.79 Å². The number of hydrogen-bond donors (Lipinski definition) is 0. The van der Waals surface area contributed by atoms with E-state index >= 15 is 0 Å². The molecule has 1 fully saturated rings. The van der Waals surface area contributed by atoms with E-state index in [4.69, 9.17) is 4.74 Å². The number of para-hydroxylation sites is 2. The normalized spacial score (nSPS) is 15.6. The minimum atomic E-state index is 0.249. The fourth-order valence-electron chi connectivity index (χ4n) is 3.48. The van der Waals surface area contributed by atoms with Gasteiger partial charge >= 0.3 is 0 Å².